The number of benzene rings is 1. The molecule has 2 aromatic rings. The van der Waals surface area contributed by atoms with Crippen LogP contribution in [-0.2, 0) is 11.3 Å². The van der Waals surface area contributed by atoms with Crippen molar-refractivity contribution in [2.24, 2.45) is 0 Å². The number of H-pyrrole nitrogens is 1. The SMILES string of the molecule is CN1C(=O)[C@@H]2C[C@@H](CN2Cc2ncc[nH]2)Oc2ccccc21. The molecule has 0 saturated carbocycles. The number of hydrogen-bond acceptors (Lipinski definition) is 4. The first-order valence-electron chi connectivity index (χ1n) is 7.48. The Bertz CT molecular complexity index is 685. The molecule has 2 atom stereocenters. The van der Waals surface area contributed by atoms with Gasteiger partial charge in [0.25, 0.3) is 0 Å². The molecule has 6 heteroatoms. The molecule has 2 bridgehead atoms. The van der Waals surface area contributed by atoms with E-state index in [1.807, 2.05) is 31.3 Å². The number of nitrogens with zero attached hydrogens (tertiary/aromatic N) is 3. The first-order chi connectivity index (χ1) is 10.7. The van der Waals surface area contributed by atoms with Gasteiger partial charge in [-0.3, -0.25) is 9.69 Å². The molecule has 2 aliphatic rings. The average molecular weight is 298 g/mol. The fourth-order valence-electron chi connectivity index (χ4n) is 3.31. The molecular formula is C16H18N4O2. The molecule has 1 N–H and O–H groups in total. The molecule has 4 rings (SSSR count). The van der Waals surface area contributed by atoms with Crippen LogP contribution in [0.15, 0.2) is 36.7 Å². The van der Waals surface area contributed by atoms with Gasteiger partial charge in [0.15, 0.2) is 0 Å². The minimum absolute atomic E-state index is 0.0405. The number of imidazole rings is 1. The van der Waals surface area contributed by atoms with Gasteiger partial charge in [-0.25, -0.2) is 4.98 Å². The Balaban J connectivity index is 1.65. The zero-order valence-electron chi connectivity index (χ0n) is 12.4. The molecule has 1 aromatic heterocycles. The van der Waals surface area contributed by atoms with Gasteiger partial charge in [-0.2, -0.15) is 0 Å². The van der Waals surface area contributed by atoms with Gasteiger partial charge < -0.3 is 14.6 Å². The fraction of sp³-hybridized carbons (Fsp3) is 0.375. The zero-order chi connectivity index (χ0) is 15.1. The number of likely N-dealkylation sites (tertiary alicyclic amines) is 1. The lowest BCUT2D eigenvalue weighted by molar-refractivity contribution is -0.122. The van der Waals surface area contributed by atoms with Crippen LogP contribution in [0.25, 0.3) is 0 Å². The van der Waals surface area contributed by atoms with Crippen LogP contribution in [0.5, 0.6) is 5.75 Å². The van der Waals surface area contributed by atoms with E-state index in [0.717, 1.165) is 30.2 Å². The van der Waals surface area contributed by atoms with E-state index >= 15 is 0 Å². The fourth-order valence-corrected chi connectivity index (χ4v) is 3.31. The van der Waals surface area contributed by atoms with Crippen molar-refractivity contribution in [1.29, 1.82) is 0 Å². The largest absolute Gasteiger partial charge is 0.487 e. The number of fused-ring (bicyclic) bond motifs is 3. The van der Waals surface area contributed by atoms with E-state index in [9.17, 15) is 4.79 Å². The predicted molar refractivity (Wildman–Crippen MR) is 81.7 cm³/mol. The molecule has 0 radical (unpaired) electrons. The molecule has 0 unspecified atom stereocenters. The summed E-state index contributed by atoms with van der Waals surface area (Å²) in [6, 6.07) is 7.55. The number of rotatable bonds is 2. The second-order valence-electron chi connectivity index (χ2n) is 5.82. The van der Waals surface area contributed by atoms with Gasteiger partial charge in [0, 0.05) is 32.4 Å². The third kappa shape index (κ3) is 2.16. The number of anilines is 1. The van der Waals surface area contributed by atoms with Crippen LogP contribution in [0.4, 0.5) is 5.69 Å². The second-order valence-corrected chi connectivity index (χ2v) is 5.82. The van der Waals surface area contributed by atoms with Gasteiger partial charge in [-0.1, -0.05) is 12.1 Å². The summed E-state index contributed by atoms with van der Waals surface area (Å²) in [5, 5.41) is 0. The summed E-state index contributed by atoms with van der Waals surface area (Å²) >= 11 is 0. The summed E-state index contributed by atoms with van der Waals surface area (Å²) in [5.74, 6) is 1.77. The molecule has 3 heterocycles. The lowest BCUT2D eigenvalue weighted by Crippen LogP contribution is -2.44. The third-order valence-electron chi connectivity index (χ3n) is 4.41. The summed E-state index contributed by atoms with van der Waals surface area (Å²) < 4.78 is 6.13. The molecule has 1 saturated heterocycles. The topological polar surface area (TPSA) is 61.5 Å². The number of ether oxygens (including phenoxy) is 1. The standard InChI is InChI=1S/C16H18N4O2/c1-19-12-4-2-3-5-14(12)22-11-8-13(16(19)21)20(9-11)10-15-17-6-7-18-15/h2-7,11,13H,8-10H2,1H3,(H,17,18)/t11-,13-/m0/s1. The number of aromatic nitrogens is 2. The van der Waals surface area contributed by atoms with E-state index in [1.165, 1.54) is 0 Å². The summed E-state index contributed by atoms with van der Waals surface area (Å²) in [6.45, 7) is 1.37. The summed E-state index contributed by atoms with van der Waals surface area (Å²) in [4.78, 5) is 24.1. The van der Waals surface area contributed by atoms with E-state index in [2.05, 4.69) is 14.9 Å². The Hall–Kier alpha value is -2.34. The zero-order valence-corrected chi connectivity index (χ0v) is 12.4. The van der Waals surface area contributed by atoms with Crippen molar-refractivity contribution >= 4 is 11.6 Å². The van der Waals surface area contributed by atoms with Gasteiger partial charge >= 0.3 is 0 Å². The van der Waals surface area contributed by atoms with Crippen molar-refractivity contribution in [1.82, 2.24) is 14.9 Å². The van der Waals surface area contributed by atoms with Gasteiger partial charge in [0.05, 0.1) is 18.3 Å². The number of amides is 1. The van der Waals surface area contributed by atoms with Crippen LogP contribution in [0.1, 0.15) is 12.2 Å². The van der Waals surface area contributed by atoms with Crippen molar-refractivity contribution in [3.63, 3.8) is 0 Å². The summed E-state index contributed by atoms with van der Waals surface area (Å²) in [6.07, 6.45) is 4.30. The number of likely N-dealkylation sites (N-methyl/N-ethyl adjacent to an activating group) is 1. The monoisotopic (exact) mass is 298 g/mol. The number of aromatic amines is 1. The van der Waals surface area contributed by atoms with Crippen molar-refractivity contribution < 1.29 is 9.53 Å². The summed E-state index contributed by atoms with van der Waals surface area (Å²) in [7, 11) is 1.81. The van der Waals surface area contributed by atoms with Crippen molar-refractivity contribution in [3.8, 4) is 5.75 Å². The van der Waals surface area contributed by atoms with E-state index < -0.39 is 0 Å². The van der Waals surface area contributed by atoms with Crippen LogP contribution in [0, 0.1) is 0 Å². The smallest absolute Gasteiger partial charge is 0.244 e. The predicted octanol–water partition coefficient (Wildman–Crippen LogP) is 1.41. The van der Waals surface area contributed by atoms with Gasteiger partial charge in [-0.05, 0) is 12.1 Å². The molecule has 0 spiro atoms. The van der Waals surface area contributed by atoms with Crippen LogP contribution in [0.3, 0.4) is 0 Å². The molecule has 114 valence electrons. The highest BCUT2D eigenvalue weighted by Gasteiger charge is 2.42. The Morgan fingerprint density at radius 2 is 2.27 bits per heavy atom. The van der Waals surface area contributed by atoms with E-state index in [0.29, 0.717) is 6.54 Å². The highest BCUT2D eigenvalue weighted by molar-refractivity contribution is 5.98. The molecule has 1 aromatic carbocycles. The Morgan fingerprint density at radius 1 is 1.41 bits per heavy atom. The molecule has 1 amide bonds. The van der Waals surface area contributed by atoms with E-state index in [1.54, 1.807) is 17.3 Å². The molecule has 22 heavy (non-hydrogen) atoms. The molecule has 0 aliphatic carbocycles. The number of para-hydroxylation sites is 2. The van der Waals surface area contributed by atoms with Crippen LogP contribution >= 0.6 is 0 Å². The van der Waals surface area contributed by atoms with Gasteiger partial charge in [0.1, 0.15) is 17.7 Å². The lowest BCUT2D eigenvalue weighted by atomic mass is 10.1. The Labute approximate surface area is 128 Å². The van der Waals surface area contributed by atoms with Crippen LogP contribution < -0.4 is 9.64 Å². The van der Waals surface area contributed by atoms with Crippen molar-refractivity contribution in [3.05, 3.63) is 42.5 Å². The molecule has 2 aliphatic heterocycles. The number of nitrogens with one attached hydrogen (secondary N) is 1. The molecular weight excluding hydrogens is 280 g/mol. The minimum atomic E-state index is -0.159. The third-order valence-corrected chi connectivity index (χ3v) is 4.41. The Morgan fingerprint density at radius 3 is 3.09 bits per heavy atom. The maximum Gasteiger partial charge on any atom is 0.244 e. The summed E-state index contributed by atoms with van der Waals surface area (Å²) in [5.41, 5.74) is 0.835. The molecule has 6 nitrogen and oxygen atoms in total. The minimum Gasteiger partial charge on any atom is -0.487 e. The average Bonchev–Trinajstić information content (AvgIpc) is 3.16. The maximum atomic E-state index is 12.9. The quantitative estimate of drug-likeness (QED) is 0.910. The van der Waals surface area contributed by atoms with Gasteiger partial charge in [-0.15, -0.1) is 0 Å². The number of carbonyl (C=O) groups excluding carboxylic acids is 1. The van der Waals surface area contributed by atoms with Crippen molar-refractivity contribution in [2.75, 3.05) is 18.5 Å². The lowest BCUT2D eigenvalue weighted by Gasteiger charge is -2.28. The number of carbonyl (C=O) groups is 1. The normalized spacial score (nSPS) is 24.6. The first-order valence-corrected chi connectivity index (χ1v) is 7.48. The van der Waals surface area contributed by atoms with E-state index in [-0.39, 0.29) is 18.1 Å². The van der Waals surface area contributed by atoms with Gasteiger partial charge in [0.2, 0.25) is 5.91 Å². The Kier molecular flexibility index (Phi) is 3.11. The first kappa shape index (κ1) is 13.3. The molecule has 1 fully saturated rings. The highest BCUT2D eigenvalue weighted by atomic mass is 16.5. The van der Waals surface area contributed by atoms with E-state index in [4.69, 9.17) is 4.74 Å². The highest BCUT2D eigenvalue weighted by Crippen LogP contribution is 2.35. The van der Waals surface area contributed by atoms with Crippen molar-refractivity contribution in [2.45, 2.75) is 25.1 Å². The number of hydrogen-bond donors (Lipinski definition) is 1. The van der Waals surface area contributed by atoms with Crippen LogP contribution in [-0.4, -0.2) is 46.5 Å². The second kappa shape index (κ2) is 5.14. The maximum absolute atomic E-state index is 12.9. The van der Waals surface area contributed by atoms with Crippen LogP contribution in [0.2, 0.25) is 0 Å².